The van der Waals surface area contributed by atoms with E-state index in [9.17, 15) is 22.8 Å². The molecule has 0 unspecified atom stereocenters. The number of sulfonamides is 1. The van der Waals surface area contributed by atoms with Crippen LogP contribution < -0.4 is 14.8 Å². The van der Waals surface area contributed by atoms with Crippen molar-refractivity contribution in [2.24, 2.45) is 0 Å². The van der Waals surface area contributed by atoms with Crippen molar-refractivity contribution in [3.63, 3.8) is 0 Å². The van der Waals surface area contributed by atoms with Crippen molar-refractivity contribution in [1.82, 2.24) is 14.9 Å². The Hall–Kier alpha value is -3.24. The van der Waals surface area contributed by atoms with Crippen molar-refractivity contribution in [2.75, 3.05) is 26.7 Å². The zero-order valence-corrected chi connectivity index (χ0v) is 18.7. The second-order valence-electron chi connectivity index (χ2n) is 7.34. The molecule has 2 aromatic carbocycles. The summed E-state index contributed by atoms with van der Waals surface area (Å²) in [5.41, 5.74) is 1.67. The number of nitrogens with zero attached hydrogens (tertiary/aromatic N) is 1. The number of hydrogen-bond donors (Lipinski definition) is 2. The van der Waals surface area contributed by atoms with Crippen LogP contribution in [0.15, 0.2) is 47.4 Å². The smallest absolute Gasteiger partial charge is 0.261 e. The van der Waals surface area contributed by atoms with Crippen LogP contribution in [0.3, 0.4) is 0 Å². The Bertz CT molecular complexity index is 1130. The summed E-state index contributed by atoms with van der Waals surface area (Å²) >= 11 is 0. The molecule has 0 spiro atoms. The first-order valence-corrected chi connectivity index (χ1v) is 11.6. The van der Waals surface area contributed by atoms with Crippen LogP contribution in [0.2, 0.25) is 0 Å². The van der Waals surface area contributed by atoms with E-state index in [-0.39, 0.29) is 48.7 Å². The van der Waals surface area contributed by atoms with Gasteiger partial charge < -0.3 is 10.1 Å². The van der Waals surface area contributed by atoms with E-state index in [1.54, 1.807) is 30.3 Å². The number of benzene rings is 2. The van der Waals surface area contributed by atoms with Gasteiger partial charge in [0.05, 0.1) is 23.1 Å². The van der Waals surface area contributed by atoms with Crippen LogP contribution in [0.5, 0.6) is 5.75 Å². The van der Waals surface area contributed by atoms with E-state index in [1.807, 2.05) is 6.92 Å². The summed E-state index contributed by atoms with van der Waals surface area (Å²) in [6.07, 6.45) is 0.422. The molecule has 0 radical (unpaired) electrons. The summed E-state index contributed by atoms with van der Waals surface area (Å²) in [5.74, 6) is -0.436. The standard InChI is InChI=1S/C22H25N3O6S/c1-15-5-10-18-19(14-15)22(28)25(21(18)27)13-3-4-20(26)23-11-12-24-32(29,30)17-8-6-16(31-2)7-9-17/h5-10,14,24H,3-4,11-13H2,1-2H3,(H,23,26). The number of aryl methyl sites for hydroxylation is 1. The van der Waals surface area contributed by atoms with E-state index in [0.717, 1.165) is 10.5 Å². The molecule has 0 saturated carbocycles. The number of rotatable bonds is 10. The van der Waals surface area contributed by atoms with E-state index in [2.05, 4.69) is 10.0 Å². The summed E-state index contributed by atoms with van der Waals surface area (Å²) < 4.78 is 31.9. The van der Waals surface area contributed by atoms with Gasteiger partial charge in [0, 0.05) is 26.1 Å². The topological polar surface area (TPSA) is 122 Å². The number of fused-ring (bicyclic) bond motifs is 1. The molecule has 0 atom stereocenters. The van der Waals surface area contributed by atoms with Gasteiger partial charge in [-0.2, -0.15) is 0 Å². The van der Waals surface area contributed by atoms with Crippen molar-refractivity contribution in [3.8, 4) is 5.75 Å². The number of methoxy groups -OCH3 is 1. The summed E-state index contributed by atoms with van der Waals surface area (Å²) in [5, 5.41) is 2.62. The SMILES string of the molecule is COc1ccc(S(=O)(=O)NCCNC(=O)CCCN2C(=O)c3ccc(C)cc3C2=O)cc1. The summed E-state index contributed by atoms with van der Waals surface area (Å²) in [7, 11) is -2.20. The van der Waals surface area contributed by atoms with Crippen molar-refractivity contribution in [1.29, 1.82) is 0 Å². The lowest BCUT2D eigenvalue weighted by molar-refractivity contribution is -0.121. The van der Waals surface area contributed by atoms with Gasteiger partial charge in [-0.05, 0) is 49.7 Å². The Morgan fingerprint density at radius 2 is 1.69 bits per heavy atom. The lowest BCUT2D eigenvalue weighted by Gasteiger charge is -2.13. The molecule has 3 rings (SSSR count). The van der Waals surface area contributed by atoms with Crippen molar-refractivity contribution < 1.29 is 27.5 Å². The molecular weight excluding hydrogens is 434 g/mol. The van der Waals surface area contributed by atoms with Crippen LogP contribution in [0.4, 0.5) is 0 Å². The maximum absolute atomic E-state index is 12.4. The first-order chi connectivity index (χ1) is 15.2. The van der Waals surface area contributed by atoms with Gasteiger partial charge in [0.2, 0.25) is 15.9 Å². The average Bonchev–Trinajstić information content (AvgIpc) is 3.01. The lowest BCUT2D eigenvalue weighted by Crippen LogP contribution is -2.35. The molecule has 2 N–H and O–H groups in total. The van der Waals surface area contributed by atoms with Crippen molar-refractivity contribution >= 4 is 27.7 Å². The van der Waals surface area contributed by atoms with E-state index >= 15 is 0 Å². The third-order valence-electron chi connectivity index (χ3n) is 5.02. The molecule has 1 aliphatic heterocycles. The van der Waals surface area contributed by atoms with E-state index in [1.165, 1.54) is 19.2 Å². The molecule has 2 aromatic rings. The van der Waals surface area contributed by atoms with Gasteiger partial charge in [-0.1, -0.05) is 11.6 Å². The molecule has 9 nitrogen and oxygen atoms in total. The molecule has 0 aliphatic carbocycles. The molecule has 3 amide bonds. The second-order valence-corrected chi connectivity index (χ2v) is 9.10. The number of nitrogens with one attached hydrogen (secondary N) is 2. The Morgan fingerprint density at radius 3 is 2.38 bits per heavy atom. The number of carbonyl (C=O) groups is 3. The maximum atomic E-state index is 12.4. The van der Waals surface area contributed by atoms with Crippen molar-refractivity contribution in [3.05, 3.63) is 59.2 Å². The molecule has 1 heterocycles. The Labute approximate surface area is 186 Å². The number of imide groups is 1. The Kier molecular flexibility index (Phi) is 7.26. The molecule has 1 aliphatic rings. The fourth-order valence-corrected chi connectivity index (χ4v) is 4.35. The molecule has 0 bridgehead atoms. The van der Waals surface area contributed by atoms with Gasteiger partial charge in [-0.15, -0.1) is 0 Å². The highest BCUT2D eigenvalue weighted by Gasteiger charge is 2.34. The number of carbonyl (C=O) groups excluding carboxylic acids is 3. The van der Waals surface area contributed by atoms with Gasteiger partial charge in [0.25, 0.3) is 11.8 Å². The monoisotopic (exact) mass is 459 g/mol. The highest BCUT2D eigenvalue weighted by atomic mass is 32.2. The van der Waals surface area contributed by atoms with Crippen LogP contribution in [-0.2, 0) is 14.8 Å². The molecule has 10 heteroatoms. The van der Waals surface area contributed by atoms with Gasteiger partial charge in [-0.3, -0.25) is 19.3 Å². The Balaban J connectivity index is 1.38. The quantitative estimate of drug-likeness (QED) is 0.410. The zero-order valence-electron chi connectivity index (χ0n) is 17.9. The van der Waals surface area contributed by atoms with Crippen LogP contribution in [0.1, 0.15) is 39.1 Å². The minimum Gasteiger partial charge on any atom is -0.497 e. The van der Waals surface area contributed by atoms with Crippen LogP contribution in [0, 0.1) is 6.92 Å². The second kappa shape index (κ2) is 9.92. The molecule has 170 valence electrons. The molecule has 32 heavy (non-hydrogen) atoms. The highest BCUT2D eigenvalue weighted by molar-refractivity contribution is 7.89. The lowest BCUT2D eigenvalue weighted by atomic mass is 10.1. The molecule has 0 saturated heterocycles. The zero-order chi connectivity index (χ0) is 23.3. The summed E-state index contributed by atoms with van der Waals surface area (Å²) in [6.45, 7) is 2.13. The molecule has 0 aromatic heterocycles. The van der Waals surface area contributed by atoms with E-state index in [4.69, 9.17) is 4.74 Å². The third-order valence-corrected chi connectivity index (χ3v) is 6.50. The predicted molar refractivity (Wildman–Crippen MR) is 117 cm³/mol. The average molecular weight is 460 g/mol. The van der Waals surface area contributed by atoms with Gasteiger partial charge in [0.15, 0.2) is 0 Å². The van der Waals surface area contributed by atoms with Crippen LogP contribution in [0.25, 0.3) is 0 Å². The number of ether oxygens (including phenoxy) is 1. The number of amides is 3. The van der Waals surface area contributed by atoms with Gasteiger partial charge >= 0.3 is 0 Å². The van der Waals surface area contributed by atoms with E-state index in [0.29, 0.717) is 23.3 Å². The summed E-state index contributed by atoms with van der Waals surface area (Å²) in [4.78, 5) is 38.1. The highest BCUT2D eigenvalue weighted by Crippen LogP contribution is 2.24. The van der Waals surface area contributed by atoms with Gasteiger partial charge in [-0.25, -0.2) is 13.1 Å². The minimum atomic E-state index is -3.69. The van der Waals surface area contributed by atoms with Crippen LogP contribution in [-0.4, -0.2) is 57.8 Å². The maximum Gasteiger partial charge on any atom is 0.261 e. The van der Waals surface area contributed by atoms with E-state index < -0.39 is 10.0 Å². The summed E-state index contributed by atoms with van der Waals surface area (Å²) in [6, 6.07) is 11.1. The third kappa shape index (κ3) is 5.32. The largest absolute Gasteiger partial charge is 0.497 e. The Morgan fingerprint density at radius 1 is 1.00 bits per heavy atom. The predicted octanol–water partition coefficient (Wildman–Crippen LogP) is 1.47. The minimum absolute atomic E-state index is 0.0257. The first kappa shape index (κ1) is 23.4. The normalized spacial score (nSPS) is 13.2. The van der Waals surface area contributed by atoms with Gasteiger partial charge in [0.1, 0.15) is 5.75 Å². The fourth-order valence-electron chi connectivity index (χ4n) is 3.32. The fraction of sp³-hybridized carbons (Fsp3) is 0.318. The molecular formula is C22H25N3O6S. The number of hydrogen-bond acceptors (Lipinski definition) is 6. The first-order valence-electron chi connectivity index (χ1n) is 10.1. The van der Waals surface area contributed by atoms with Crippen LogP contribution >= 0.6 is 0 Å². The van der Waals surface area contributed by atoms with Crippen molar-refractivity contribution in [2.45, 2.75) is 24.7 Å². The molecule has 0 fully saturated rings.